The molecule has 146 valence electrons. The van der Waals surface area contributed by atoms with Gasteiger partial charge in [-0.25, -0.2) is 14.6 Å². The van der Waals surface area contributed by atoms with Crippen molar-refractivity contribution in [1.82, 2.24) is 15.6 Å². The van der Waals surface area contributed by atoms with E-state index in [9.17, 15) is 14.4 Å². The van der Waals surface area contributed by atoms with Gasteiger partial charge in [0.2, 0.25) is 0 Å². The number of amides is 3. The normalized spacial score (nSPS) is 30.8. The first kappa shape index (κ1) is 18.4. The predicted molar refractivity (Wildman–Crippen MR) is 99.4 cm³/mol. The Morgan fingerprint density at radius 1 is 1.11 bits per heavy atom. The van der Waals surface area contributed by atoms with Gasteiger partial charge in [-0.1, -0.05) is 0 Å². The van der Waals surface area contributed by atoms with Gasteiger partial charge in [0.1, 0.15) is 4.88 Å². The predicted octanol–water partition coefficient (Wildman–Crippen LogP) is 2.71. The van der Waals surface area contributed by atoms with Gasteiger partial charge >= 0.3 is 12.0 Å². The number of esters is 1. The molecule has 0 aliphatic heterocycles. The van der Waals surface area contributed by atoms with E-state index in [1.807, 2.05) is 0 Å². The Hall–Kier alpha value is -1.96. The zero-order valence-electron chi connectivity index (χ0n) is 15.7. The van der Waals surface area contributed by atoms with Crippen LogP contribution >= 0.6 is 11.3 Å². The monoisotopic (exact) mass is 391 g/mol. The Balaban J connectivity index is 1.27. The molecule has 4 aliphatic rings. The summed E-state index contributed by atoms with van der Waals surface area (Å²) in [5.41, 5.74) is 0.426. The highest BCUT2D eigenvalue weighted by atomic mass is 32.1. The number of imide groups is 1. The van der Waals surface area contributed by atoms with E-state index in [-0.39, 0.29) is 5.54 Å². The number of nitrogens with zero attached hydrogens (tertiary/aromatic N) is 1. The van der Waals surface area contributed by atoms with Crippen LogP contribution in [0, 0.1) is 31.6 Å². The molecule has 4 saturated carbocycles. The number of carbonyl (C=O) groups is 3. The highest BCUT2D eigenvalue weighted by Crippen LogP contribution is 2.55. The lowest BCUT2D eigenvalue weighted by Gasteiger charge is -2.56. The number of aromatic nitrogens is 1. The van der Waals surface area contributed by atoms with Crippen LogP contribution in [-0.4, -0.2) is 35.0 Å². The van der Waals surface area contributed by atoms with Gasteiger partial charge < -0.3 is 10.1 Å². The summed E-state index contributed by atoms with van der Waals surface area (Å²) in [6.07, 6.45) is 6.90. The highest BCUT2D eigenvalue weighted by molar-refractivity contribution is 7.13. The van der Waals surface area contributed by atoms with E-state index in [1.165, 1.54) is 30.6 Å². The van der Waals surface area contributed by atoms with E-state index in [2.05, 4.69) is 15.6 Å². The third-order valence-electron chi connectivity index (χ3n) is 6.09. The Morgan fingerprint density at radius 2 is 1.70 bits per heavy atom. The van der Waals surface area contributed by atoms with Crippen molar-refractivity contribution in [3.63, 3.8) is 0 Å². The number of urea groups is 1. The molecule has 1 aromatic rings. The van der Waals surface area contributed by atoms with Crippen LogP contribution in [0.1, 0.15) is 58.9 Å². The van der Waals surface area contributed by atoms with Gasteiger partial charge in [0.05, 0.1) is 10.7 Å². The Bertz CT molecular complexity index is 753. The molecule has 5 rings (SSSR count). The zero-order valence-corrected chi connectivity index (χ0v) is 16.5. The number of nitrogens with one attached hydrogen (secondary N) is 2. The minimum Gasteiger partial charge on any atom is -0.451 e. The van der Waals surface area contributed by atoms with Crippen molar-refractivity contribution in [2.24, 2.45) is 17.8 Å². The molecule has 0 atom stereocenters. The quantitative estimate of drug-likeness (QED) is 0.769. The molecule has 0 saturated heterocycles. The third-order valence-corrected chi connectivity index (χ3v) is 7.15. The molecule has 0 unspecified atom stereocenters. The maximum atomic E-state index is 12.3. The molecule has 27 heavy (non-hydrogen) atoms. The number of carbonyl (C=O) groups excluding carboxylic acids is 3. The third kappa shape index (κ3) is 3.85. The fraction of sp³-hybridized carbons (Fsp3) is 0.684. The second kappa shape index (κ2) is 6.89. The van der Waals surface area contributed by atoms with Crippen molar-refractivity contribution in [2.75, 3.05) is 6.61 Å². The van der Waals surface area contributed by atoms with Crippen molar-refractivity contribution >= 4 is 29.2 Å². The van der Waals surface area contributed by atoms with E-state index >= 15 is 0 Å². The molecule has 4 bridgehead atoms. The molecular formula is C19H25N3O4S. The number of hydrogen-bond donors (Lipinski definition) is 2. The molecule has 4 fully saturated rings. The van der Waals surface area contributed by atoms with E-state index in [4.69, 9.17) is 4.74 Å². The minimum atomic E-state index is -0.621. The summed E-state index contributed by atoms with van der Waals surface area (Å²) in [4.78, 5) is 40.9. The van der Waals surface area contributed by atoms with Crippen LogP contribution in [0.25, 0.3) is 0 Å². The van der Waals surface area contributed by atoms with Gasteiger partial charge in [-0.05, 0) is 70.1 Å². The largest absolute Gasteiger partial charge is 0.451 e. The van der Waals surface area contributed by atoms with Crippen molar-refractivity contribution in [2.45, 2.75) is 57.9 Å². The minimum absolute atomic E-state index is 0.160. The molecule has 3 amide bonds. The molecule has 4 aliphatic carbocycles. The van der Waals surface area contributed by atoms with E-state index in [0.717, 1.165) is 24.3 Å². The smallest absolute Gasteiger partial charge is 0.350 e. The fourth-order valence-electron chi connectivity index (χ4n) is 5.62. The SMILES string of the molecule is Cc1nc(C)c(C(=O)OCC(=O)NC(=O)NC23CC4CC(CC(C4)C2)C3)s1. The molecular weight excluding hydrogens is 366 g/mol. The van der Waals surface area contributed by atoms with Gasteiger partial charge in [-0.3, -0.25) is 10.1 Å². The van der Waals surface area contributed by atoms with Crippen LogP contribution in [0.3, 0.4) is 0 Å². The van der Waals surface area contributed by atoms with Gasteiger partial charge in [0, 0.05) is 5.54 Å². The second-order valence-electron chi connectivity index (χ2n) is 8.42. The van der Waals surface area contributed by atoms with Gasteiger partial charge in [0.25, 0.3) is 5.91 Å². The summed E-state index contributed by atoms with van der Waals surface area (Å²) in [5.74, 6) is 0.914. The Kier molecular flexibility index (Phi) is 4.70. The molecule has 0 radical (unpaired) electrons. The summed E-state index contributed by atoms with van der Waals surface area (Å²) in [7, 11) is 0. The van der Waals surface area contributed by atoms with Crippen LogP contribution in [-0.2, 0) is 9.53 Å². The van der Waals surface area contributed by atoms with E-state index in [1.54, 1.807) is 13.8 Å². The lowest BCUT2D eigenvalue weighted by Crippen LogP contribution is -2.62. The van der Waals surface area contributed by atoms with E-state index < -0.39 is 24.5 Å². The molecule has 1 heterocycles. The average molecular weight is 391 g/mol. The second-order valence-corrected chi connectivity index (χ2v) is 9.63. The summed E-state index contributed by atoms with van der Waals surface area (Å²) >= 11 is 1.23. The number of thiazole rings is 1. The summed E-state index contributed by atoms with van der Waals surface area (Å²) in [6, 6.07) is -0.484. The number of hydrogen-bond acceptors (Lipinski definition) is 6. The van der Waals surface area contributed by atoms with Crippen LogP contribution in [0.15, 0.2) is 0 Å². The lowest BCUT2D eigenvalue weighted by atomic mass is 9.53. The molecule has 8 heteroatoms. The van der Waals surface area contributed by atoms with Crippen molar-refractivity contribution in [1.29, 1.82) is 0 Å². The van der Waals surface area contributed by atoms with Gasteiger partial charge in [-0.2, -0.15) is 0 Å². The standard InChI is InChI=1S/C19H25N3O4S/c1-10-16(27-11(2)20-10)17(24)26-9-15(23)21-18(25)22-19-6-12-3-13(7-19)5-14(4-12)8-19/h12-14H,3-9H2,1-2H3,(H2,21,22,23,25). The maximum Gasteiger partial charge on any atom is 0.350 e. The molecule has 1 aromatic heterocycles. The van der Waals surface area contributed by atoms with Crippen LogP contribution < -0.4 is 10.6 Å². The number of ether oxygens (including phenoxy) is 1. The van der Waals surface area contributed by atoms with Crippen LogP contribution in [0.2, 0.25) is 0 Å². The first-order chi connectivity index (χ1) is 12.8. The van der Waals surface area contributed by atoms with Crippen LogP contribution in [0.4, 0.5) is 4.79 Å². The summed E-state index contributed by atoms with van der Waals surface area (Å²) < 4.78 is 5.02. The molecule has 0 aromatic carbocycles. The average Bonchev–Trinajstić information content (AvgIpc) is 2.89. The number of rotatable bonds is 4. The molecule has 2 N–H and O–H groups in total. The Morgan fingerprint density at radius 3 is 2.22 bits per heavy atom. The van der Waals surface area contributed by atoms with Crippen LogP contribution in [0.5, 0.6) is 0 Å². The maximum absolute atomic E-state index is 12.3. The Labute approximate surface area is 162 Å². The lowest BCUT2D eigenvalue weighted by molar-refractivity contribution is -0.123. The zero-order chi connectivity index (χ0) is 19.2. The fourth-order valence-corrected chi connectivity index (χ4v) is 6.43. The van der Waals surface area contributed by atoms with Gasteiger partial charge in [0.15, 0.2) is 6.61 Å². The van der Waals surface area contributed by atoms with E-state index in [0.29, 0.717) is 28.3 Å². The molecule has 7 nitrogen and oxygen atoms in total. The molecule has 0 spiro atoms. The summed E-state index contributed by atoms with van der Waals surface area (Å²) in [6.45, 7) is 3.04. The first-order valence-electron chi connectivity index (χ1n) is 9.55. The van der Waals surface area contributed by atoms with Gasteiger partial charge in [-0.15, -0.1) is 11.3 Å². The van der Waals surface area contributed by atoms with Crippen molar-refractivity contribution in [3.05, 3.63) is 15.6 Å². The highest BCUT2D eigenvalue weighted by Gasteiger charge is 2.51. The topological polar surface area (TPSA) is 97.4 Å². The first-order valence-corrected chi connectivity index (χ1v) is 10.4. The van der Waals surface area contributed by atoms with Crippen molar-refractivity contribution in [3.8, 4) is 0 Å². The van der Waals surface area contributed by atoms with Crippen molar-refractivity contribution < 1.29 is 19.1 Å². The summed E-state index contributed by atoms with van der Waals surface area (Å²) in [5, 5.41) is 6.13. The number of aryl methyl sites for hydroxylation is 2.